The standard InChI is InChI=1S/C22H29N5O2/c1-28-20-6-13(8-24-22(20)23)18-7-19(27(25-18)14-4-2-3-5-14)21-16-9-26(10-17(16)21)15-11-29-12-15/h6-8,14-17,21H,2-5,9-12H2,1H3,(H2,23,24)/t16-,17+,21?. The number of pyridine rings is 1. The Morgan fingerprint density at radius 2 is 1.86 bits per heavy atom. The molecule has 7 heteroatoms. The SMILES string of the molecule is COc1cc(-c2cc(C3[C@H]4CN(C5COC5)C[C@@H]34)n(C3CCCC3)n2)cnc1N. The van der Waals surface area contributed by atoms with Crippen LogP contribution in [0, 0.1) is 11.8 Å². The molecule has 154 valence electrons. The molecule has 4 heterocycles. The minimum Gasteiger partial charge on any atom is -0.493 e. The van der Waals surface area contributed by atoms with Gasteiger partial charge in [0, 0.05) is 36.5 Å². The highest BCUT2D eigenvalue weighted by molar-refractivity contribution is 5.64. The van der Waals surface area contributed by atoms with Crippen molar-refractivity contribution in [1.29, 1.82) is 0 Å². The Balaban J connectivity index is 1.30. The van der Waals surface area contributed by atoms with Crippen LogP contribution in [0.4, 0.5) is 5.82 Å². The summed E-state index contributed by atoms with van der Waals surface area (Å²) < 4.78 is 13.1. The Kier molecular flexibility index (Phi) is 4.10. The van der Waals surface area contributed by atoms with Gasteiger partial charge in [-0.3, -0.25) is 9.58 Å². The number of anilines is 1. The van der Waals surface area contributed by atoms with E-state index in [1.807, 2.05) is 12.3 Å². The van der Waals surface area contributed by atoms with Crippen LogP contribution in [0.2, 0.25) is 0 Å². The first kappa shape index (κ1) is 17.7. The van der Waals surface area contributed by atoms with E-state index in [0.29, 0.717) is 29.6 Å². The number of ether oxygens (including phenoxy) is 2. The molecule has 2 aromatic heterocycles. The van der Waals surface area contributed by atoms with Crippen LogP contribution < -0.4 is 10.5 Å². The number of likely N-dealkylation sites (tertiary alicyclic amines) is 1. The first-order valence-corrected chi connectivity index (χ1v) is 10.9. The second-order valence-electron chi connectivity index (χ2n) is 9.15. The molecule has 0 amide bonds. The van der Waals surface area contributed by atoms with Crippen molar-refractivity contribution in [2.75, 3.05) is 39.1 Å². The summed E-state index contributed by atoms with van der Waals surface area (Å²) in [6, 6.07) is 5.47. The van der Waals surface area contributed by atoms with Gasteiger partial charge in [-0.15, -0.1) is 0 Å². The zero-order valence-electron chi connectivity index (χ0n) is 17.0. The van der Waals surface area contributed by atoms with Crippen LogP contribution in [-0.2, 0) is 4.74 Å². The van der Waals surface area contributed by atoms with E-state index in [-0.39, 0.29) is 0 Å². The lowest BCUT2D eigenvalue weighted by molar-refractivity contribution is -0.0610. The molecule has 0 bridgehead atoms. The Hall–Kier alpha value is -2.12. The highest BCUT2D eigenvalue weighted by atomic mass is 16.5. The fourth-order valence-corrected chi connectivity index (χ4v) is 5.73. The van der Waals surface area contributed by atoms with Gasteiger partial charge in [-0.2, -0.15) is 5.10 Å². The molecule has 2 N–H and O–H groups in total. The Bertz CT molecular complexity index is 906. The van der Waals surface area contributed by atoms with Gasteiger partial charge in [0.15, 0.2) is 11.6 Å². The Morgan fingerprint density at radius 3 is 2.52 bits per heavy atom. The van der Waals surface area contributed by atoms with E-state index in [1.54, 1.807) is 7.11 Å². The van der Waals surface area contributed by atoms with Gasteiger partial charge < -0.3 is 15.2 Å². The summed E-state index contributed by atoms with van der Waals surface area (Å²) in [5, 5.41) is 5.08. The zero-order chi connectivity index (χ0) is 19.5. The second-order valence-corrected chi connectivity index (χ2v) is 9.15. The lowest BCUT2D eigenvalue weighted by Crippen LogP contribution is -2.48. The molecule has 4 aliphatic rings. The van der Waals surface area contributed by atoms with Crippen molar-refractivity contribution < 1.29 is 9.47 Å². The van der Waals surface area contributed by atoms with Crippen molar-refractivity contribution in [3.8, 4) is 17.0 Å². The van der Waals surface area contributed by atoms with Gasteiger partial charge in [-0.05, 0) is 36.8 Å². The van der Waals surface area contributed by atoms with Crippen LogP contribution in [0.3, 0.4) is 0 Å². The molecule has 3 atom stereocenters. The summed E-state index contributed by atoms with van der Waals surface area (Å²) >= 11 is 0. The molecule has 0 spiro atoms. The van der Waals surface area contributed by atoms with E-state index in [1.165, 1.54) is 44.5 Å². The molecule has 2 saturated carbocycles. The van der Waals surface area contributed by atoms with Crippen molar-refractivity contribution in [2.24, 2.45) is 11.8 Å². The van der Waals surface area contributed by atoms with Crippen molar-refractivity contribution >= 4 is 5.82 Å². The maximum absolute atomic E-state index is 5.91. The average Bonchev–Trinajstić information content (AvgIpc) is 3.19. The molecule has 1 unspecified atom stereocenters. The highest BCUT2D eigenvalue weighted by Crippen LogP contribution is 2.59. The topological polar surface area (TPSA) is 78.4 Å². The molecule has 0 aromatic carbocycles. The van der Waals surface area contributed by atoms with Crippen LogP contribution in [0.25, 0.3) is 11.3 Å². The number of nitrogens with two attached hydrogens (primary N) is 1. The number of nitrogen functional groups attached to an aromatic ring is 1. The van der Waals surface area contributed by atoms with Gasteiger partial charge in [0.2, 0.25) is 0 Å². The third-order valence-corrected chi connectivity index (χ3v) is 7.53. The molecular formula is C22H29N5O2. The lowest BCUT2D eigenvalue weighted by Gasteiger charge is -2.35. The van der Waals surface area contributed by atoms with E-state index < -0.39 is 0 Å². The van der Waals surface area contributed by atoms with Gasteiger partial charge in [0.1, 0.15) is 0 Å². The number of aromatic nitrogens is 3. The van der Waals surface area contributed by atoms with Gasteiger partial charge >= 0.3 is 0 Å². The van der Waals surface area contributed by atoms with Crippen molar-refractivity contribution in [3.63, 3.8) is 0 Å². The molecule has 29 heavy (non-hydrogen) atoms. The Labute approximate surface area is 171 Å². The maximum atomic E-state index is 5.91. The quantitative estimate of drug-likeness (QED) is 0.839. The first-order valence-electron chi connectivity index (χ1n) is 10.9. The first-order chi connectivity index (χ1) is 14.2. The molecule has 2 aliphatic heterocycles. The number of hydrogen-bond acceptors (Lipinski definition) is 6. The number of nitrogens with zero attached hydrogens (tertiary/aromatic N) is 4. The predicted molar refractivity (Wildman–Crippen MR) is 110 cm³/mol. The minimum atomic E-state index is 0.420. The van der Waals surface area contributed by atoms with Crippen LogP contribution in [0.5, 0.6) is 5.75 Å². The normalized spacial score (nSPS) is 29.8. The van der Waals surface area contributed by atoms with Crippen molar-refractivity contribution in [2.45, 2.75) is 43.7 Å². The van der Waals surface area contributed by atoms with Crippen LogP contribution >= 0.6 is 0 Å². The van der Waals surface area contributed by atoms with E-state index in [0.717, 1.165) is 36.3 Å². The molecule has 7 nitrogen and oxygen atoms in total. The summed E-state index contributed by atoms with van der Waals surface area (Å²) in [5.41, 5.74) is 9.32. The van der Waals surface area contributed by atoms with Crippen LogP contribution in [0.15, 0.2) is 18.3 Å². The monoisotopic (exact) mass is 395 g/mol. The van der Waals surface area contributed by atoms with E-state index in [2.05, 4.69) is 20.6 Å². The molecule has 2 saturated heterocycles. The van der Waals surface area contributed by atoms with Gasteiger partial charge in [-0.25, -0.2) is 4.98 Å². The summed E-state index contributed by atoms with van der Waals surface area (Å²) in [6.07, 6.45) is 6.91. The number of methoxy groups -OCH3 is 1. The summed E-state index contributed by atoms with van der Waals surface area (Å²) in [6.45, 7) is 4.26. The highest BCUT2D eigenvalue weighted by Gasteiger charge is 2.59. The van der Waals surface area contributed by atoms with E-state index in [4.69, 9.17) is 20.3 Å². The molecular weight excluding hydrogens is 366 g/mol. The largest absolute Gasteiger partial charge is 0.493 e. The number of rotatable bonds is 5. The summed E-state index contributed by atoms with van der Waals surface area (Å²) in [4.78, 5) is 6.95. The minimum absolute atomic E-state index is 0.420. The zero-order valence-corrected chi connectivity index (χ0v) is 17.0. The fraction of sp³-hybridized carbons (Fsp3) is 0.636. The fourth-order valence-electron chi connectivity index (χ4n) is 5.73. The molecule has 0 radical (unpaired) electrons. The average molecular weight is 396 g/mol. The van der Waals surface area contributed by atoms with E-state index >= 15 is 0 Å². The van der Waals surface area contributed by atoms with Crippen molar-refractivity contribution in [1.82, 2.24) is 19.7 Å². The second kappa shape index (κ2) is 6.71. The predicted octanol–water partition coefficient (Wildman–Crippen LogP) is 2.70. The Morgan fingerprint density at radius 1 is 1.10 bits per heavy atom. The maximum Gasteiger partial charge on any atom is 0.166 e. The number of fused-ring (bicyclic) bond motifs is 1. The lowest BCUT2D eigenvalue weighted by atomic mass is 10.1. The smallest absolute Gasteiger partial charge is 0.166 e. The van der Waals surface area contributed by atoms with E-state index in [9.17, 15) is 0 Å². The summed E-state index contributed by atoms with van der Waals surface area (Å²) in [5.74, 6) is 3.24. The third-order valence-electron chi connectivity index (χ3n) is 7.53. The van der Waals surface area contributed by atoms with Crippen LogP contribution in [-0.4, -0.2) is 59.1 Å². The van der Waals surface area contributed by atoms with Gasteiger partial charge in [0.25, 0.3) is 0 Å². The molecule has 2 aliphatic carbocycles. The molecule has 6 rings (SSSR count). The van der Waals surface area contributed by atoms with Crippen LogP contribution in [0.1, 0.15) is 43.3 Å². The van der Waals surface area contributed by atoms with Gasteiger partial charge in [-0.1, -0.05) is 12.8 Å². The molecule has 4 fully saturated rings. The third kappa shape index (κ3) is 2.86. The number of piperidine rings is 1. The molecule has 2 aromatic rings. The number of hydrogen-bond donors (Lipinski definition) is 1. The summed E-state index contributed by atoms with van der Waals surface area (Å²) in [7, 11) is 1.63. The van der Waals surface area contributed by atoms with Crippen molar-refractivity contribution in [3.05, 3.63) is 24.0 Å². The van der Waals surface area contributed by atoms with Gasteiger partial charge in [0.05, 0.1) is 38.1 Å².